The van der Waals surface area contributed by atoms with Crippen LogP contribution in [0.25, 0.3) is 22.3 Å². The number of methoxy groups -OCH3 is 1. The lowest BCUT2D eigenvalue weighted by atomic mass is 9.57. The first-order chi connectivity index (χ1) is 15.7. The predicted molar refractivity (Wildman–Crippen MR) is 126 cm³/mol. The first-order valence-electron chi connectivity index (χ1n) is 11.4. The topological polar surface area (TPSA) is 78.1 Å². The fraction of sp³-hybridized carbons (Fsp3) is 0.444. The highest BCUT2D eigenvalue weighted by molar-refractivity contribution is 5.89. The smallest absolute Gasteiger partial charge is 0.197 e. The minimum absolute atomic E-state index is 0.0548. The number of hydrogen-bond acceptors (Lipinski definition) is 6. The fourth-order valence-corrected chi connectivity index (χ4v) is 5.63. The van der Waals surface area contributed by atoms with Gasteiger partial charge in [0.05, 0.1) is 6.10 Å². The van der Waals surface area contributed by atoms with Crippen molar-refractivity contribution in [2.24, 2.45) is 11.3 Å². The van der Waals surface area contributed by atoms with E-state index in [1.165, 1.54) is 6.07 Å². The average molecular weight is 451 g/mol. The molecule has 1 saturated carbocycles. The molecule has 6 heteroatoms. The van der Waals surface area contributed by atoms with Gasteiger partial charge in [-0.25, -0.2) is 0 Å². The van der Waals surface area contributed by atoms with Gasteiger partial charge in [-0.3, -0.25) is 4.79 Å². The predicted octanol–water partition coefficient (Wildman–Crippen LogP) is 4.93. The van der Waals surface area contributed by atoms with E-state index in [1.807, 2.05) is 30.3 Å². The van der Waals surface area contributed by atoms with E-state index in [0.717, 1.165) is 11.1 Å². The molecule has 0 amide bonds. The number of benzene rings is 2. The Balaban J connectivity index is 1.72. The van der Waals surface area contributed by atoms with Gasteiger partial charge in [-0.2, -0.15) is 0 Å². The lowest BCUT2D eigenvalue weighted by Crippen LogP contribution is -2.58. The van der Waals surface area contributed by atoms with E-state index in [-0.39, 0.29) is 23.6 Å². The molecule has 174 valence electrons. The summed E-state index contributed by atoms with van der Waals surface area (Å²) < 4.78 is 24.0. The molecule has 0 saturated heterocycles. The summed E-state index contributed by atoms with van der Waals surface area (Å²) in [5.41, 5.74) is 1.06. The normalized spacial score (nSPS) is 25.7. The number of fused-ring (bicyclic) bond motifs is 4. The molecule has 0 spiro atoms. The monoisotopic (exact) mass is 450 g/mol. The summed E-state index contributed by atoms with van der Waals surface area (Å²) in [6.07, 6.45) is 1.58. The number of aliphatic hydroxyl groups excluding tert-OH is 1. The first kappa shape index (κ1) is 22.0. The van der Waals surface area contributed by atoms with Crippen LogP contribution in [0.5, 0.6) is 11.5 Å². The third kappa shape index (κ3) is 3.52. The van der Waals surface area contributed by atoms with E-state index in [0.29, 0.717) is 47.5 Å². The third-order valence-electron chi connectivity index (χ3n) is 7.58. The van der Waals surface area contributed by atoms with Crippen molar-refractivity contribution < 1.29 is 23.7 Å². The fourth-order valence-electron chi connectivity index (χ4n) is 5.63. The van der Waals surface area contributed by atoms with Gasteiger partial charge in [0.2, 0.25) is 0 Å². The summed E-state index contributed by atoms with van der Waals surface area (Å²) in [5.74, 6) is 1.65. The van der Waals surface area contributed by atoms with Gasteiger partial charge in [-0.15, -0.1) is 0 Å². The van der Waals surface area contributed by atoms with E-state index in [4.69, 9.17) is 18.6 Å². The van der Waals surface area contributed by atoms with E-state index in [2.05, 4.69) is 20.8 Å². The maximum absolute atomic E-state index is 13.4. The summed E-state index contributed by atoms with van der Waals surface area (Å²) in [6.45, 7) is 6.33. The van der Waals surface area contributed by atoms with E-state index >= 15 is 0 Å². The first-order valence-corrected chi connectivity index (χ1v) is 11.4. The molecule has 1 N–H and O–H groups in total. The molecule has 3 aromatic rings. The Morgan fingerprint density at radius 3 is 2.64 bits per heavy atom. The zero-order chi connectivity index (χ0) is 23.4. The summed E-state index contributed by atoms with van der Waals surface area (Å²) in [7, 11) is 1.56. The van der Waals surface area contributed by atoms with Gasteiger partial charge in [0, 0.05) is 36.3 Å². The summed E-state index contributed by atoms with van der Waals surface area (Å²) >= 11 is 0. The van der Waals surface area contributed by atoms with Crippen molar-refractivity contribution >= 4 is 11.0 Å². The van der Waals surface area contributed by atoms with Crippen LogP contribution in [-0.2, 0) is 11.2 Å². The van der Waals surface area contributed by atoms with Gasteiger partial charge in [-0.05, 0) is 31.6 Å². The molecule has 1 aromatic heterocycles. The molecule has 3 atom stereocenters. The minimum Gasteiger partial charge on any atom is -0.486 e. The van der Waals surface area contributed by atoms with E-state index in [1.54, 1.807) is 13.2 Å². The van der Waals surface area contributed by atoms with Crippen LogP contribution < -0.4 is 14.9 Å². The quantitative estimate of drug-likeness (QED) is 0.568. The van der Waals surface area contributed by atoms with Gasteiger partial charge in [0.15, 0.2) is 12.2 Å². The van der Waals surface area contributed by atoms with E-state index in [9.17, 15) is 9.90 Å². The summed E-state index contributed by atoms with van der Waals surface area (Å²) in [6, 6.07) is 12.8. The Morgan fingerprint density at radius 1 is 1.15 bits per heavy atom. The molecule has 5 rings (SSSR count). The summed E-state index contributed by atoms with van der Waals surface area (Å²) in [4.78, 5) is 13.4. The van der Waals surface area contributed by atoms with Crippen molar-refractivity contribution in [3.05, 3.63) is 58.3 Å². The maximum Gasteiger partial charge on any atom is 0.197 e. The van der Waals surface area contributed by atoms with Crippen LogP contribution in [-0.4, -0.2) is 30.7 Å². The van der Waals surface area contributed by atoms with Gasteiger partial charge < -0.3 is 23.7 Å². The highest BCUT2D eigenvalue weighted by Gasteiger charge is 2.55. The van der Waals surface area contributed by atoms with Gasteiger partial charge in [-0.1, -0.05) is 44.2 Å². The van der Waals surface area contributed by atoms with Gasteiger partial charge >= 0.3 is 0 Å². The Hall–Kier alpha value is -2.83. The Bertz CT molecular complexity index is 1240. The highest BCUT2D eigenvalue weighted by Crippen LogP contribution is 2.55. The van der Waals surface area contributed by atoms with Crippen molar-refractivity contribution in [3.63, 3.8) is 0 Å². The zero-order valence-corrected chi connectivity index (χ0v) is 19.5. The van der Waals surface area contributed by atoms with Crippen LogP contribution >= 0.6 is 0 Å². The molecule has 2 aromatic carbocycles. The molecule has 1 aliphatic heterocycles. The Kier molecular flexibility index (Phi) is 5.26. The average Bonchev–Trinajstić information content (AvgIpc) is 2.79. The van der Waals surface area contributed by atoms with Crippen molar-refractivity contribution in [3.8, 4) is 22.8 Å². The maximum atomic E-state index is 13.4. The van der Waals surface area contributed by atoms with Crippen molar-refractivity contribution in [1.82, 2.24) is 0 Å². The minimum atomic E-state index is -0.507. The highest BCUT2D eigenvalue weighted by atomic mass is 16.7. The lowest BCUT2D eigenvalue weighted by Gasteiger charge is -2.55. The molecule has 2 heterocycles. The second kappa shape index (κ2) is 7.89. The third-order valence-corrected chi connectivity index (χ3v) is 7.58. The molecule has 6 nitrogen and oxygen atoms in total. The standard InChI is InChI=1S/C27H30O6/c1-26(2)22-12-17-20(31-15-30-4)14-21-24(25(17)33-27(22,3)11-10-23(26)29)18(28)13-19(32-21)16-8-6-5-7-9-16/h5-9,13-14,22-23,29H,10-12,15H2,1-4H3/t22?,23?,27-/m1/s1. The molecule has 2 aliphatic rings. The van der Waals surface area contributed by atoms with Crippen molar-refractivity contribution in [2.75, 3.05) is 13.9 Å². The van der Waals surface area contributed by atoms with Gasteiger partial charge in [0.1, 0.15) is 33.8 Å². The van der Waals surface area contributed by atoms with Crippen molar-refractivity contribution in [2.45, 2.75) is 51.7 Å². The van der Waals surface area contributed by atoms with Crippen LogP contribution in [0.3, 0.4) is 0 Å². The van der Waals surface area contributed by atoms with Gasteiger partial charge in [0.25, 0.3) is 0 Å². The second-order valence-corrected chi connectivity index (χ2v) is 9.99. The zero-order valence-electron chi connectivity index (χ0n) is 19.5. The molecule has 2 unspecified atom stereocenters. The Labute approximate surface area is 193 Å². The molecule has 33 heavy (non-hydrogen) atoms. The van der Waals surface area contributed by atoms with Crippen LogP contribution in [0, 0.1) is 11.3 Å². The molecule has 1 fully saturated rings. The van der Waals surface area contributed by atoms with E-state index < -0.39 is 11.7 Å². The molecule has 0 radical (unpaired) electrons. The molecular formula is C27H30O6. The molecule has 0 bridgehead atoms. The van der Waals surface area contributed by atoms with Crippen molar-refractivity contribution in [1.29, 1.82) is 0 Å². The van der Waals surface area contributed by atoms with Crippen LogP contribution in [0.15, 0.2) is 51.7 Å². The SMILES string of the molecule is COCOc1cc2oc(-c3ccccc3)cc(=O)c2c2c1CC1C(C)(C)C(O)CC[C@@]1(C)O2. The number of hydrogen-bond donors (Lipinski definition) is 1. The lowest BCUT2D eigenvalue weighted by molar-refractivity contribution is -0.137. The second-order valence-electron chi connectivity index (χ2n) is 9.99. The van der Waals surface area contributed by atoms with Crippen LogP contribution in [0.2, 0.25) is 0 Å². The Morgan fingerprint density at radius 2 is 1.91 bits per heavy atom. The summed E-state index contributed by atoms with van der Waals surface area (Å²) in [5, 5.41) is 11.2. The molecular weight excluding hydrogens is 420 g/mol. The molecule has 1 aliphatic carbocycles. The number of ether oxygens (including phenoxy) is 3. The number of aliphatic hydroxyl groups is 1. The van der Waals surface area contributed by atoms with Crippen LogP contribution in [0.4, 0.5) is 0 Å². The number of rotatable bonds is 4. The van der Waals surface area contributed by atoms with Crippen LogP contribution in [0.1, 0.15) is 39.2 Å². The largest absolute Gasteiger partial charge is 0.486 e.